The Morgan fingerprint density at radius 2 is 0.827 bits per heavy atom. The minimum atomic E-state index is -0.385. The third-order valence-corrected chi connectivity index (χ3v) is 10.9. The maximum Gasteiger partial charge on any atom is 0.0638 e. The van der Waals surface area contributed by atoms with E-state index in [4.69, 9.17) is 9.60 Å². The average molecular weight is 687 g/mol. The highest BCUT2D eigenvalue weighted by atomic mass is 32.1. The zero-order valence-corrected chi connectivity index (χ0v) is 28.7. The van der Waals surface area contributed by atoms with Crippen LogP contribution in [0.2, 0.25) is 0 Å². The van der Waals surface area contributed by atoms with Crippen molar-refractivity contribution in [1.29, 1.82) is 0 Å². The normalized spacial score (nSPS) is 13.3. The Hall–Kier alpha value is -6.48. The SMILES string of the molecule is [2H]c1c([2H])c([2H])c2c(sc3c(-c4ccc(N(c5ccc(-c6cccc7ccccc67)cc5)c5ccc(-c6cccc7ccccc67)cc5)cc4)c([2H])c([2H])c([2H])c32)c1[2H]. The first kappa shape index (κ1) is 23.8. The summed E-state index contributed by atoms with van der Waals surface area (Å²) in [5.74, 6) is 0. The fourth-order valence-corrected chi connectivity index (χ4v) is 8.38. The molecule has 0 spiro atoms. The molecule has 10 rings (SSSR count). The predicted octanol–water partition coefficient (Wildman–Crippen LogP) is 14.8. The molecule has 1 heterocycles. The third kappa shape index (κ3) is 5.24. The van der Waals surface area contributed by atoms with Gasteiger partial charge < -0.3 is 4.90 Å². The van der Waals surface area contributed by atoms with Gasteiger partial charge in [-0.2, -0.15) is 0 Å². The molecule has 0 fully saturated rings. The summed E-state index contributed by atoms with van der Waals surface area (Å²) in [6.45, 7) is 0. The second kappa shape index (κ2) is 12.7. The second-order valence-corrected chi connectivity index (χ2v) is 13.8. The Morgan fingerprint density at radius 1 is 0.365 bits per heavy atom. The van der Waals surface area contributed by atoms with Crippen molar-refractivity contribution >= 4 is 70.1 Å². The molecular formula is C50H33NS. The van der Waals surface area contributed by atoms with Gasteiger partial charge in [0, 0.05) is 37.2 Å². The van der Waals surface area contributed by atoms with Crippen LogP contribution in [-0.4, -0.2) is 0 Å². The Balaban J connectivity index is 1.10. The number of rotatable bonds is 6. The molecule has 1 aromatic heterocycles. The first-order chi connectivity index (χ1) is 28.7. The van der Waals surface area contributed by atoms with Crippen molar-refractivity contribution < 1.29 is 9.60 Å². The van der Waals surface area contributed by atoms with Gasteiger partial charge in [-0.3, -0.25) is 0 Å². The van der Waals surface area contributed by atoms with Gasteiger partial charge in [-0.1, -0.05) is 158 Å². The molecule has 0 amide bonds. The molecular weight excluding hydrogens is 647 g/mol. The monoisotopic (exact) mass is 686 g/mol. The van der Waals surface area contributed by atoms with Crippen molar-refractivity contribution in [3.8, 4) is 33.4 Å². The largest absolute Gasteiger partial charge is 0.311 e. The number of nitrogens with zero attached hydrogens (tertiary/aromatic N) is 1. The first-order valence-corrected chi connectivity index (χ1v) is 18.0. The molecule has 0 bridgehead atoms. The predicted molar refractivity (Wildman–Crippen MR) is 225 cm³/mol. The molecule has 0 radical (unpaired) electrons. The van der Waals surface area contributed by atoms with Crippen molar-refractivity contribution in [3.05, 3.63) is 200 Å². The van der Waals surface area contributed by atoms with Gasteiger partial charge in [0.25, 0.3) is 0 Å². The van der Waals surface area contributed by atoms with E-state index in [0.717, 1.165) is 50.7 Å². The lowest BCUT2D eigenvalue weighted by molar-refractivity contribution is 1.28. The van der Waals surface area contributed by atoms with Gasteiger partial charge in [-0.05, 0) is 97.4 Å². The molecule has 0 saturated carbocycles. The number of hydrogen-bond acceptors (Lipinski definition) is 2. The highest BCUT2D eigenvalue weighted by Crippen LogP contribution is 2.42. The lowest BCUT2D eigenvalue weighted by Crippen LogP contribution is -2.09. The molecule has 0 saturated heterocycles. The van der Waals surface area contributed by atoms with E-state index in [1.165, 1.54) is 21.5 Å². The van der Waals surface area contributed by atoms with Crippen molar-refractivity contribution in [2.75, 3.05) is 4.90 Å². The van der Waals surface area contributed by atoms with Crippen LogP contribution in [0.4, 0.5) is 17.1 Å². The van der Waals surface area contributed by atoms with Crippen LogP contribution in [0.15, 0.2) is 200 Å². The molecule has 52 heavy (non-hydrogen) atoms. The maximum atomic E-state index is 9.03. The van der Waals surface area contributed by atoms with Gasteiger partial charge in [0.15, 0.2) is 0 Å². The van der Waals surface area contributed by atoms with Crippen molar-refractivity contribution in [3.63, 3.8) is 0 Å². The minimum absolute atomic E-state index is 0.123. The van der Waals surface area contributed by atoms with Gasteiger partial charge in [0.05, 0.1) is 9.60 Å². The van der Waals surface area contributed by atoms with Crippen LogP contribution in [0, 0.1) is 0 Å². The molecule has 0 aliphatic rings. The zero-order valence-electron chi connectivity index (χ0n) is 34.9. The Bertz CT molecular complexity index is 3150. The van der Waals surface area contributed by atoms with Crippen LogP contribution >= 0.6 is 11.3 Å². The van der Waals surface area contributed by atoms with Gasteiger partial charge in [0.1, 0.15) is 0 Å². The van der Waals surface area contributed by atoms with Crippen LogP contribution in [-0.2, 0) is 0 Å². The van der Waals surface area contributed by atoms with Gasteiger partial charge in [0.2, 0.25) is 0 Å². The summed E-state index contributed by atoms with van der Waals surface area (Å²) < 4.78 is 61.3. The number of hydrogen-bond donors (Lipinski definition) is 0. The molecule has 2 heteroatoms. The molecule has 244 valence electrons. The Morgan fingerprint density at radius 3 is 1.38 bits per heavy atom. The molecule has 0 atom stereocenters. The van der Waals surface area contributed by atoms with Crippen molar-refractivity contribution in [2.24, 2.45) is 0 Å². The highest BCUT2D eigenvalue weighted by Gasteiger charge is 2.16. The molecule has 9 aromatic carbocycles. The third-order valence-electron chi connectivity index (χ3n) is 9.80. The van der Waals surface area contributed by atoms with Gasteiger partial charge in [-0.15, -0.1) is 11.3 Å². The van der Waals surface area contributed by atoms with E-state index in [0.29, 0.717) is 20.5 Å². The Kier molecular flexibility index (Phi) is 5.82. The van der Waals surface area contributed by atoms with E-state index in [2.05, 4.69) is 138 Å². The van der Waals surface area contributed by atoms with Crippen LogP contribution in [0.1, 0.15) is 9.60 Å². The molecule has 0 N–H and O–H groups in total. The number of anilines is 3. The lowest BCUT2D eigenvalue weighted by atomic mass is 9.97. The number of benzene rings is 9. The fourth-order valence-electron chi connectivity index (χ4n) is 7.29. The van der Waals surface area contributed by atoms with E-state index in [-0.39, 0.29) is 53.1 Å². The van der Waals surface area contributed by atoms with E-state index in [1.54, 1.807) is 0 Å². The van der Waals surface area contributed by atoms with E-state index >= 15 is 0 Å². The summed E-state index contributed by atoms with van der Waals surface area (Å²) in [5.41, 5.74) is 8.36. The summed E-state index contributed by atoms with van der Waals surface area (Å²) in [6.07, 6.45) is 0. The molecule has 0 unspecified atom stereocenters. The summed E-state index contributed by atoms with van der Waals surface area (Å²) in [7, 11) is 0. The lowest BCUT2D eigenvalue weighted by Gasteiger charge is -2.26. The van der Waals surface area contributed by atoms with Crippen LogP contribution < -0.4 is 4.90 Å². The van der Waals surface area contributed by atoms with E-state index < -0.39 is 0 Å². The topological polar surface area (TPSA) is 3.24 Å². The zero-order chi connectivity index (χ0) is 40.5. The summed E-state index contributed by atoms with van der Waals surface area (Å²) in [4.78, 5) is 2.19. The first-order valence-electron chi connectivity index (χ1n) is 20.7. The summed E-state index contributed by atoms with van der Waals surface area (Å²) >= 11 is 1.14. The van der Waals surface area contributed by atoms with Crippen LogP contribution in [0.25, 0.3) is 75.1 Å². The van der Waals surface area contributed by atoms with Crippen molar-refractivity contribution in [2.45, 2.75) is 0 Å². The molecule has 10 aromatic rings. The maximum absolute atomic E-state index is 9.03. The molecule has 1 nitrogen and oxygen atoms in total. The van der Waals surface area contributed by atoms with Crippen LogP contribution in [0.3, 0.4) is 0 Å². The van der Waals surface area contributed by atoms with Crippen LogP contribution in [0.5, 0.6) is 0 Å². The Labute approximate surface area is 317 Å². The van der Waals surface area contributed by atoms with Crippen molar-refractivity contribution in [1.82, 2.24) is 0 Å². The number of thiophene rings is 1. The van der Waals surface area contributed by atoms with Gasteiger partial charge >= 0.3 is 0 Å². The second-order valence-electron chi connectivity index (χ2n) is 12.8. The van der Waals surface area contributed by atoms with E-state index in [9.17, 15) is 0 Å². The summed E-state index contributed by atoms with van der Waals surface area (Å²) in [6, 6.07) is 52.6. The van der Waals surface area contributed by atoms with E-state index in [1.807, 2.05) is 24.3 Å². The fraction of sp³-hybridized carbons (Fsp3) is 0. The quantitative estimate of drug-likeness (QED) is 0.168. The smallest absolute Gasteiger partial charge is 0.0638 e. The highest BCUT2D eigenvalue weighted by molar-refractivity contribution is 7.26. The van der Waals surface area contributed by atoms with Gasteiger partial charge in [-0.25, -0.2) is 0 Å². The minimum Gasteiger partial charge on any atom is -0.311 e. The standard InChI is InChI=1S/C50H33NS/c1-3-14-42-34(10-1)12-7-17-44(42)36-22-28-39(29-23-36)51(40-30-24-37(25-31-40)45-18-8-13-35-11-2-4-15-43(35)45)41-32-26-38(27-33-41)46-19-9-20-48-47-16-5-6-21-49(47)52-50(46)48/h1-33H/i5D,6D,9D,16D,19D,20D,21D. The molecule has 0 aliphatic carbocycles. The average Bonchev–Trinajstić information content (AvgIpc) is 3.68. The molecule has 0 aliphatic heterocycles. The summed E-state index contributed by atoms with van der Waals surface area (Å²) in [5, 5.41) is 5.24. The number of fused-ring (bicyclic) bond motifs is 5.